The molecule has 11 nitrogen and oxygen atoms in total. The zero-order valence-electron chi connectivity index (χ0n) is 70.6. The first-order chi connectivity index (χ1) is 59.8. The summed E-state index contributed by atoms with van der Waals surface area (Å²) in [5.74, 6) is 3.45. The Hall–Kier alpha value is -12.4. The Balaban J connectivity index is 0.000000138. The third kappa shape index (κ3) is 16.2. The summed E-state index contributed by atoms with van der Waals surface area (Å²) < 4.78 is 26.6. The van der Waals surface area contributed by atoms with Gasteiger partial charge in [-0.3, -0.25) is 19.9 Å². The van der Waals surface area contributed by atoms with Gasteiger partial charge >= 0.3 is 63.2 Å². The second-order valence-electron chi connectivity index (χ2n) is 34.1. The molecule has 0 unspecified atom stereocenters. The Kier molecular flexibility index (Phi) is 24.8. The number of aromatic nitrogens is 7. The Morgan fingerprint density at radius 1 is 0.317 bits per heavy atom. The molecule has 9 aromatic carbocycles. The molecule has 3 aliphatic carbocycles. The zero-order valence-corrected chi connectivity index (χ0v) is 78.2. The van der Waals surface area contributed by atoms with Gasteiger partial charge in [-0.05, 0) is 167 Å². The minimum atomic E-state index is -0.650. The van der Waals surface area contributed by atoms with Crippen LogP contribution >= 0.6 is 11.3 Å². The molecule has 9 heterocycles. The standard InChI is InChI=1S/C37H29N3O.C37H28N2O2.C37H28N2OS.3Pt/c1-36(2,3)26-18-21-39-35(24-26)40-22-19-29(25-40)41-28-12-10-11-27(23-28)37(34-17-8-9-20-38-34)32-15-6-4-13-30(32)31-14-5-7-16-33(31)37;1-36(2,3)26-18-20-38-33(23-26)25-21-35(40-24-25)41-28-12-10-11-27(22-28)37(34-17-8-9-19-39-34)31-15-6-4-13-29(31)30-14-5-7-16-32(30)37;1-36(2,3)26-18-20-38-33(23-26)25-21-35(41-24-25)40-28-12-10-11-27(22-28)37(34-17-8-9-19-39-34)31-15-6-4-13-29(31)30-14-5-7-16-32(30)37;;;/h4-22,24H,1-3H3;2*4-20,23-24H,1-3H3;;;/q3*-2;3*+2. The van der Waals surface area contributed by atoms with Crippen molar-refractivity contribution in [3.8, 4) is 95.7 Å². The number of rotatable bonds is 15. The van der Waals surface area contributed by atoms with Crippen LogP contribution in [0, 0.1) is 36.5 Å². The Morgan fingerprint density at radius 3 is 1.06 bits per heavy atom. The maximum Gasteiger partial charge on any atom is 2.00 e. The van der Waals surface area contributed by atoms with Gasteiger partial charge < -0.3 is 33.2 Å². The van der Waals surface area contributed by atoms with Crippen LogP contribution in [-0.2, 0) is 95.7 Å². The molecule has 15 heteroatoms. The van der Waals surface area contributed by atoms with Crippen LogP contribution < -0.4 is 14.2 Å². The number of furan rings is 1. The first kappa shape index (κ1) is 87.1. The van der Waals surface area contributed by atoms with Gasteiger partial charge in [-0.15, -0.1) is 82.4 Å². The van der Waals surface area contributed by atoms with Crippen LogP contribution in [0.15, 0.2) is 357 Å². The van der Waals surface area contributed by atoms with E-state index in [4.69, 9.17) is 33.6 Å². The first-order valence-corrected chi connectivity index (χ1v) is 42.2. The van der Waals surface area contributed by atoms with Gasteiger partial charge in [0.05, 0.1) is 44.9 Å². The van der Waals surface area contributed by atoms with Crippen LogP contribution in [-0.4, -0.2) is 34.5 Å². The molecule has 0 radical (unpaired) electrons. The molecule has 0 atom stereocenters. The van der Waals surface area contributed by atoms with E-state index in [9.17, 15) is 0 Å². The van der Waals surface area contributed by atoms with Gasteiger partial charge in [0.1, 0.15) is 5.06 Å². The van der Waals surface area contributed by atoms with Crippen LogP contribution in [0.1, 0.15) is 146 Å². The van der Waals surface area contributed by atoms with Crippen molar-refractivity contribution in [3.05, 3.63) is 473 Å². The SMILES string of the molecule is CC(C)(C)c1ccnc(-c2[c-]c(Oc3[c-]c(C4(c5ccccn5)c5ccccc5-c5ccccc54)ccc3)oc2)c1.CC(C)(C)c1ccnc(-c2[c-]c(Oc3[c-]c(C4(c5ccccn5)c5ccccc5-c5ccccc54)ccc3)sc2)c1.CC(C)(C)c1ccnc(-n2[c-]c(Oc3[c-]c(C4(c5ccccn5)c5ccccc5-c5ccccc54)ccc3)cc2)c1.[Pt+2].[Pt+2].[Pt+2]. The number of thiophene rings is 1. The summed E-state index contributed by atoms with van der Waals surface area (Å²) in [5.41, 5.74) is 25.3. The number of benzene rings is 9. The predicted octanol–water partition coefficient (Wildman–Crippen LogP) is 26.4. The fourth-order valence-electron chi connectivity index (χ4n) is 17.6. The number of ether oxygens (including phenoxy) is 3. The molecule has 0 saturated heterocycles. The quantitative estimate of drug-likeness (QED) is 0.0917. The summed E-state index contributed by atoms with van der Waals surface area (Å²) in [6.07, 6.45) is 18.0. The van der Waals surface area contributed by atoms with Gasteiger partial charge in [0.15, 0.2) is 0 Å². The molecular weight excluding hydrogens is 2110 g/mol. The van der Waals surface area contributed by atoms with Gasteiger partial charge in [-0.25, -0.2) is 0 Å². The van der Waals surface area contributed by atoms with Crippen molar-refractivity contribution in [2.45, 2.75) is 94.8 Å². The summed E-state index contributed by atoms with van der Waals surface area (Å²) in [4.78, 5) is 28.4. The number of hydrogen-bond acceptors (Lipinski definition) is 11. The number of pyridine rings is 6. The molecule has 18 aromatic rings. The molecule has 624 valence electrons. The van der Waals surface area contributed by atoms with Crippen LogP contribution in [0.3, 0.4) is 0 Å². The average molecular weight is 2200 g/mol. The van der Waals surface area contributed by atoms with Crippen LogP contribution in [0.5, 0.6) is 34.0 Å². The van der Waals surface area contributed by atoms with E-state index in [2.05, 4.69) is 332 Å². The second-order valence-corrected chi connectivity index (χ2v) is 34.9. The van der Waals surface area contributed by atoms with Crippen molar-refractivity contribution < 1.29 is 81.8 Å². The summed E-state index contributed by atoms with van der Waals surface area (Å²) in [5, 5.41) is 2.72. The molecule has 0 saturated carbocycles. The van der Waals surface area contributed by atoms with Gasteiger partial charge in [0, 0.05) is 54.4 Å². The summed E-state index contributed by atoms with van der Waals surface area (Å²) in [6.45, 7) is 19.8. The largest absolute Gasteiger partial charge is 2.00 e. The number of nitrogens with zero attached hydrogens (tertiary/aromatic N) is 7. The molecule has 0 fully saturated rings. The topological polar surface area (TPSA) is 123 Å². The predicted molar refractivity (Wildman–Crippen MR) is 487 cm³/mol. The van der Waals surface area contributed by atoms with Crippen molar-refractivity contribution in [1.29, 1.82) is 0 Å². The van der Waals surface area contributed by atoms with E-state index in [0.29, 0.717) is 28.1 Å². The smallest absolute Gasteiger partial charge is 0.507 e. The minimum absolute atomic E-state index is 0. The van der Waals surface area contributed by atoms with Gasteiger partial charge in [0.25, 0.3) is 0 Å². The maximum absolute atomic E-state index is 6.39. The molecule has 0 aliphatic heterocycles. The van der Waals surface area contributed by atoms with E-state index >= 15 is 0 Å². The second kappa shape index (κ2) is 35.9. The van der Waals surface area contributed by atoms with Crippen LogP contribution in [0.2, 0.25) is 0 Å². The van der Waals surface area contributed by atoms with E-state index in [-0.39, 0.29) is 85.4 Å². The van der Waals surface area contributed by atoms with E-state index in [1.807, 2.05) is 132 Å². The van der Waals surface area contributed by atoms with Gasteiger partial charge in [-0.2, -0.15) is 53.3 Å². The monoisotopic (exact) mass is 2200 g/mol. The molecule has 21 rings (SSSR count). The molecule has 9 aromatic heterocycles. The van der Waals surface area contributed by atoms with Crippen molar-refractivity contribution in [2.24, 2.45) is 0 Å². The zero-order chi connectivity index (χ0) is 84.1. The molecule has 3 aliphatic rings. The molecule has 0 spiro atoms. The molecule has 126 heavy (non-hydrogen) atoms. The number of fused-ring (bicyclic) bond motifs is 9. The van der Waals surface area contributed by atoms with Crippen molar-refractivity contribution in [1.82, 2.24) is 34.5 Å². The van der Waals surface area contributed by atoms with Gasteiger partial charge in [-0.1, -0.05) is 261 Å². The first-order valence-electron chi connectivity index (χ1n) is 41.3. The normalized spacial score (nSPS) is 13.1. The third-order valence-electron chi connectivity index (χ3n) is 23.5. The summed E-state index contributed by atoms with van der Waals surface area (Å²) >= 11 is 1.51. The summed E-state index contributed by atoms with van der Waals surface area (Å²) in [7, 11) is 0. The van der Waals surface area contributed by atoms with E-state index in [1.54, 1.807) is 6.26 Å². The molecule has 0 amide bonds. The Labute approximate surface area is 784 Å². The van der Waals surface area contributed by atoms with Crippen molar-refractivity contribution in [2.75, 3.05) is 0 Å². The van der Waals surface area contributed by atoms with Crippen molar-refractivity contribution >= 4 is 11.3 Å². The van der Waals surface area contributed by atoms with Crippen LogP contribution in [0.4, 0.5) is 0 Å². The number of hydrogen-bond donors (Lipinski definition) is 0. The van der Waals surface area contributed by atoms with Gasteiger partial charge in [0.2, 0.25) is 5.95 Å². The fraction of sp³-hybridized carbons (Fsp3) is 0.135. The maximum atomic E-state index is 6.39. The van der Waals surface area contributed by atoms with Crippen molar-refractivity contribution in [3.63, 3.8) is 0 Å². The molecular formula is C111H85N7O4Pt3S. The Bertz CT molecular complexity index is 6140. The minimum Gasteiger partial charge on any atom is -0.507 e. The fourth-order valence-corrected chi connectivity index (χ4v) is 18.3. The molecule has 0 N–H and O–H groups in total. The van der Waals surface area contributed by atoms with E-state index in [0.717, 1.165) is 62.1 Å². The summed E-state index contributed by atoms with van der Waals surface area (Å²) in [6, 6.07) is 120. The third-order valence-corrected chi connectivity index (χ3v) is 24.2. The average Bonchev–Trinajstić information content (AvgIpc) is 1.55. The Morgan fingerprint density at radius 2 is 0.675 bits per heavy atom. The van der Waals surface area contributed by atoms with E-state index in [1.165, 1.54) is 94.8 Å². The van der Waals surface area contributed by atoms with Crippen LogP contribution in [0.25, 0.3) is 61.7 Å². The molecule has 0 bridgehead atoms. The van der Waals surface area contributed by atoms with E-state index < -0.39 is 16.2 Å².